The van der Waals surface area contributed by atoms with Crippen LogP contribution < -0.4 is 5.32 Å². The Morgan fingerprint density at radius 2 is 2.00 bits per heavy atom. The minimum absolute atomic E-state index is 0.00882. The van der Waals surface area contributed by atoms with Gasteiger partial charge in [0.15, 0.2) is 5.67 Å². The van der Waals surface area contributed by atoms with Crippen molar-refractivity contribution in [3.63, 3.8) is 0 Å². The Balaban J connectivity index is 1.62. The third kappa shape index (κ3) is 4.23. The number of amides is 1. The lowest BCUT2D eigenvalue weighted by Gasteiger charge is -2.30. The Kier molecular flexibility index (Phi) is 5.32. The fourth-order valence-corrected chi connectivity index (χ4v) is 3.41. The highest BCUT2D eigenvalue weighted by Gasteiger charge is 2.30. The van der Waals surface area contributed by atoms with Gasteiger partial charge >= 0.3 is 0 Å². The molecule has 1 aromatic carbocycles. The van der Waals surface area contributed by atoms with Gasteiger partial charge in [-0.1, -0.05) is 11.6 Å². The number of nitrogens with one attached hydrogen (secondary N) is 1. The van der Waals surface area contributed by atoms with Crippen LogP contribution >= 0.6 is 11.6 Å². The summed E-state index contributed by atoms with van der Waals surface area (Å²) >= 11 is 5.79. The first-order chi connectivity index (χ1) is 12.2. The topological polar surface area (TPSA) is 46.9 Å². The van der Waals surface area contributed by atoms with Crippen molar-refractivity contribution >= 4 is 17.5 Å². The number of carbonyl (C=O) groups is 1. The third-order valence-corrected chi connectivity index (χ3v) is 5.04. The first-order valence-electron chi connectivity index (χ1n) is 8.73. The monoisotopic (exact) mass is 381 g/mol. The van der Waals surface area contributed by atoms with Gasteiger partial charge in [-0.2, -0.15) is 0 Å². The van der Waals surface area contributed by atoms with Crippen molar-refractivity contribution in [1.82, 2.24) is 14.9 Å². The van der Waals surface area contributed by atoms with Crippen LogP contribution in [0.4, 0.5) is 8.78 Å². The number of imidazole rings is 1. The van der Waals surface area contributed by atoms with Crippen molar-refractivity contribution in [2.24, 2.45) is 0 Å². The molecule has 0 aliphatic heterocycles. The number of rotatable bonds is 4. The summed E-state index contributed by atoms with van der Waals surface area (Å²) in [6, 6.07) is 4.76. The zero-order valence-electron chi connectivity index (χ0n) is 14.8. The van der Waals surface area contributed by atoms with Crippen molar-refractivity contribution < 1.29 is 13.6 Å². The summed E-state index contributed by atoms with van der Waals surface area (Å²) in [5, 5.41) is 3.12. The lowest BCUT2D eigenvalue weighted by molar-refractivity contribution is -0.131. The van der Waals surface area contributed by atoms with Crippen LogP contribution in [0.3, 0.4) is 0 Å². The molecule has 7 heteroatoms. The zero-order chi connectivity index (χ0) is 18.9. The summed E-state index contributed by atoms with van der Waals surface area (Å²) in [7, 11) is 0. The number of halogens is 3. The van der Waals surface area contributed by atoms with E-state index in [0.717, 1.165) is 25.7 Å². The summed E-state index contributed by atoms with van der Waals surface area (Å²) in [6.45, 7) is 2.52. The van der Waals surface area contributed by atoms with Gasteiger partial charge in [0.25, 0.3) is 5.91 Å². The van der Waals surface area contributed by atoms with E-state index >= 15 is 0 Å². The molecular weight excluding hydrogens is 360 g/mol. The molecule has 0 bridgehead atoms. The van der Waals surface area contributed by atoms with Gasteiger partial charge in [0.2, 0.25) is 0 Å². The minimum atomic E-state index is -1.86. The average Bonchev–Trinajstić information content (AvgIpc) is 3.04. The molecule has 4 nitrogen and oxygen atoms in total. The number of aromatic nitrogens is 2. The van der Waals surface area contributed by atoms with Crippen molar-refractivity contribution in [1.29, 1.82) is 0 Å². The van der Waals surface area contributed by atoms with E-state index in [0.29, 0.717) is 16.3 Å². The maximum atomic E-state index is 14.1. The number of hydrogen-bond acceptors (Lipinski definition) is 2. The first kappa shape index (κ1) is 18.8. The molecule has 1 amide bonds. The number of nitrogens with zero attached hydrogens (tertiary/aromatic N) is 2. The van der Waals surface area contributed by atoms with Crippen molar-refractivity contribution in [3.8, 4) is 11.3 Å². The maximum Gasteiger partial charge on any atom is 0.257 e. The molecule has 1 aromatic heterocycles. The fraction of sp³-hybridized carbons (Fsp3) is 0.474. The third-order valence-electron chi connectivity index (χ3n) is 4.80. The van der Waals surface area contributed by atoms with Crippen molar-refractivity contribution in [2.45, 2.75) is 57.3 Å². The van der Waals surface area contributed by atoms with Crippen LogP contribution in [0.1, 0.15) is 45.6 Å². The maximum absolute atomic E-state index is 14.1. The van der Waals surface area contributed by atoms with Gasteiger partial charge in [-0.25, -0.2) is 13.8 Å². The van der Waals surface area contributed by atoms with Gasteiger partial charge in [-0.05, 0) is 57.7 Å². The van der Waals surface area contributed by atoms with E-state index in [1.54, 1.807) is 18.5 Å². The Morgan fingerprint density at radius 1 is 1.31 bits per heavy atom. The lowest BCUT2D eigenvalue weighted by atomic mass is 9.90. The summed E-state index contributed by atoms with van der Waals surface area (Å²) in [4.78, 5) is 16.1. The first-order valence-corrected chi connectivity index (χ1v) is 9.10. The predicted molar refractivity (Wildman–Crippen MR) is 97.3 cm³/mol. The second kappa shape index (κ2) is 7.35. The molecule has 1 fully saturated rings. The number of benzene rings is 1. The highest BCUT2D eigenvalue weighted by molar-refractivity contribution is 6.30. The van der Waals surface area contributed by atoms with Gasteiger partial charge in [0, 0.05) is 28.9 Å². The number of carbonyl (C=O) groups excluding carboxylic acids is 1. The number of alkyl halides is 1. The average molecular weight is 382 g/mol. The van der Waals surface area contributed by atoms with E-state index in [9.17, 15) is 13.6 Å². The fourth-order valence-electron chi connectivity index (χ4n) is 3.25. The summed E-state index contributed by atoms with van der Waals surface area (Å²) in [5.41, 5.74) is -0.883. The summed E-state index contributed by atoms with van der Waals surface area (Å²) < 4.78 is 29.7. The van der Waals surface area contributed by atoms with E-state index < -0.39 is 17.4 Å². The number of hydrogen-bond donors (Lipinski definition) is 1. The van der Waals surface area contributed by atoms with Gasteiger partial charge in [0.1, 0.15) is 5.82 Å². The largest absolute Gasteiger partial charge is 0.351 e. The molecule has 140 valence electrons. The lowest BCUT2D eigenvalue weighted by Crippen LogP contribution is -2.45. The molecule has 1 aliphatic rings. The molecule has 0 saturated heterocycles. The van der Waals surface area contributed by atoms with E-state index in [4.69, 9.17) is 11.6 Å². The SMILES string of the molecule is CC(C)(F)C(=O)NC1CCC(n2cnc(-c3ccc(Cl)cc3F)c2)CC1. The molecular formula is C19H22ClF2N3O. The van der Waals surface area contributed by atoms with Crippen molar-refractivity contribution in [3.05, 3.63) is 41.6 Å². The molecule has 1 heterocycles. The van der Waals surface area contributed by atoms with E-state index in [-0.39, 0.29) is 12.1 Å². The van der Waals surface area contributed by atoms with Crippen LogP contribution in [-0.4, -0.2) is 27.2 Å². The molecule has 26 heavy (non-hydrogen) atoms. The molecule has 0 unspecified atom stereocenters. The molecule has 1 saturated carbocycles. The quantitative estimate of drug-likeness (QED) is 0.835. The highest BCUT2D eigenvalue weighted by atomic mass is 35.5. The Hall–Kier alpha value is -1.95. The van der Waals surface area contributed by atoms with Gasteiger partial charge in [-0.3, -0.25) is 4.79 Å². The predicted octanol–water partition coefficient (Wildman–Crippen LogP) is 4.69. The van der Waals surface area contributed by atoms with E-state index in [2.05, 4.69) is 10.3 Å². The standard InChI is InChI=1S/C19H22ClF2N3O/c1-19(2,22)18(26)24-13-4-6-14(7-5-13)25-10-17(23-11-25)15-8-3-12(20)9-16(15)21/h3,8-11,13-14H,4-7H2,1-2H3,(H,24,26). The zero-order valence-corrected chi connectivity index (χ0v) is 15.6. The molecule has 1 aliphatic carbocycles. The Labute approximate surface area is 156 Å². The van der Waals surface area contributed by atoms with Crippen LogP contribution in [0.15, 0.2) is 30.7 Å². The van der Waals surface area contributed by atoms with Crippen LogP contribution in [0.2, 0.25) is 5.02 Å². The Bertz CT molecular complexity index is 792. The van der Waals surface area contributed by atoms with Crippen LogP contribution in [0.25, 0.3) is 11.3 Å². The van der Waals surface area contributed by atoms with E-state index in [1.807, 2.05) is 10.8 Å². The van der Waals surface area contributed by atoms with Gasteiger partial charge in [-0.15, -0.1) is 0 Å². The normalized spacial score (nSPS) is 20.8. The van der Waals surface area contributed by atoms with Crippen LogP contribution in [0.5, 0.6) is 0 Å². The van der Waals surface area contributed by atoms with Gasteiger partial charge in [0.05, 0.1) is 12.0 Å². The second-order valence-electron chi connectivity index (χ2n) is 7.28. The smallest absolute Gasteiger partial charge is 0.257 e. The Morgan fingerprint density at radius 3 is 2.62 bits per heavy atom. The second-order valence-corrected chi connectivity index (χ2v) is 7.72. The molecule has 3 rings (SSSR count). The van der Waals surface area contributed by atoms with Crippen molar-refractivity contribution in [2.75, 3.05) is 0 Å². The molecule has 0 spiro atoms. The highest BCUT2D eigenvalue weighted by Crippen LogP contribution is 2.31. The van der Waals surface area contributed by atoms with Crippen LogP contribution in [-0.2, 0) is 4.79 Å². The molecule has 1 N–H and O–H groups in total. The minimum Gasteiger partial charge on any atom is -0.351 e. The van der Waals surface area contributed by atoms with E-state index in [1.165, 1.54) is 19.9 Å². The molecule has 2 aromatic rings. The molecule has 0 atom stereocenters. The molecule has 0 radical (unpaired) electrons. The summed E-state index contributed by atoms with van der Waals surface area (Å²) in [6.07, 6.45) is 6.77. The van der Waals surface area contributed by atoms with Crippen LogP contribution in [0, 0.1) is 5.82 Å². The summed E-state index contributed by atoms with van der Waals surface area (Å²) in [5.74, 6) is -0.966. The van der Waals surface area contributed by atoms with Gasteiger partial charge < -0.3 is 9.88 Å².